The van der Waals surface area contributed by atoms with E-state index in [1.54, 1.807) is 29.4 Å². The molecule has 2 aromatic heterocycles. The second kappa shape index (κ2) is 7.46. The highest BCUT2D eigenvalue weighted by Gasteiger charge is 2.28. The van der Waals surface area contributed by atoms with Crippen molar-refractivity contribution in [1.29, 1.82) is 0 Å². The summed E-state index contributed by atoms with van der Waals surface area (Å²) in [4.78, 5) is 31.2. The molecule has 1 aliphatic rings. The average Bonchev–Trinajstić information content (AvgIpc) is 3.30. The zero-order valence-electron chi connectivity index (χ0n) is 16.5. The van der Waals surface area contributed by atoms with E-state index in [4.69, 9.17) is 4.74 Å². The summed E-state index contributed by atoms with van der Waals surface area (Å²) in [5.74, 6) is -0.538. The van der Waals surface area contributed by atoms with E-state index in [1.807, 2.05) is 53.9 Å². The van der Waals surface area contributed by atoms with E-state index in [0.29, 0.717) is 24.1 Å². The molecule has 0 aliphatic carbocycles. The Balaban J connectivity index is 1.61. The third kappa shape index (κ3) is 3.00. The van der Waals surface area contributed by atoms with E-state index in [1.165, 1.54) is 0 Å². The summed E-state index contributed by atoms with van der Waals surface area (Å²) in [6.45, 7) is 2.54. The van der Waals surface area contributed by atoms with Gasteiger partial charge in [0.1, 0.15) is 0 Å². The minimum Gasteiger partial charge on any atom is -0.462 e. The first kappa shape index (κ1) is 18.6. The number of hydrogen-bond donors (Lipinski definition) is 1. The fraction of sp³-hybridized carbons (Fsp3) is 0.167. The van der Waals surface area contributed by atoms with E-state index in [2.05, 4.69) is 4.98 Å². The summed E-state index contributed by atoms with van der Waals surface area (Å²) >= 11 is 1.55. The number of aromatic amines is 1. The molecule has 0 bridgehead atoms. The van der Waals surface area contributed by atoms with Crippen LogP contribution >= 0.6 is 11.3 Å². The van der Waals surface area contributed by atoms with Crippen LogP contribution in [0, 0.1) is 0 Å². The summed E-state index contributed by atoms with van der Waals surface area (Å²) in [5.41, 5.74) is 3.79. The predicted octanol–water partition coefficient (Wildman–Crippen LogP) is 4.99. The minimum atomic E-state index is -0.430. The molecule has 4 aromatic rings. The smallest absolute Gasteiger partial charge is 0.341 e. The first-order chi connectivity index (χ1) is 14.7. The highest BCUT2D eigenvalue weighted by atomic mass is 32.1. The van der Waals surface area contributed by atoms with Gasteiger partial charge in [0, 0.05) is 39.1 Å². The van der Waals surface area contributed by atoms with Gasteiger partial charge in [0.25, 0.3) is 5.91 Å². The number of hydrogen-bond acceptors (Lipinski definition) is 4. The number of nitrogens with zero attached hydrogens (tertiary/aromatic N) is 1. The standard InChI is InChI=1S/C24H20N2O3S/c1-2-29-24(28)18-13-26(23(27)19-14-30-21-10-6-4-8-16(19)21)12-11-17-15-7-3-5-9-20(15)25-22(17)18/h3-10,13-14,25H,2,11-12H2,1H3. The van der Waals surface area contributed by atoms with Gasteiger partial charge >= 0.3 is 5.97 Å². The molecule has 0 saturated heterocycles. The van der Waals surface area contributed by atoms with Gasteiger partial charge in [-0.05, 0) is 31.0 Å². The fourth-order valence-corrected chi connectivity index (χ4v) is 4.96. The largest absolute Gasteiger partial charge is 0.462 e. The van der Waals surface area contributed by atoms with Gasteiger partial charge in [-0.25, -0.2) is 4.79 Å². The molecule has 0 fully saturated rings. The number of ether oxygens (including phenoxy) is 1. The quantitative estimate of drug-likeness (QED) is 0.479. The number of thiophene rings is 1. The lowest BCUT2D eigenvalue weighted by Gasteiger charge is -2.17. The normalized spacial score (nSPS) is 13.8. The van der Waals surface area contributed by atoms with Crippen molar-refractivity contribution in [1.82, 2.24) is 9.88 Å². The Morgan fingerprint density at radius 3 is 2.70 bits per heavy atom. The molecule has 0 unspecified atom stereocenters. The van der Waals surface area contributed by atoms with Gasteiger partial charge in [0.15, 0.2) is 0 Å². The van der Waals surface area contributed by atoms with E-state index >= 15 is 0 Å². The molecule has 2 aromatic carbocycles. The first-order valence-electron chi connectivity index (χ1n) is 9.93. The molecule has 30 heavy (non-hydrogen) atoms. The number of aromatic nitrogens is 1. The van der Waals surface area contributed by atoms with Crippen LogP contribution in [0.25, 0.3) is 26.6 Å². The Labute approximate surface area is 177 Å². The molecular weight excluding hydrogens is 396 g/mol. The van der Waals surface area contributed by atoms with Crippen molar-refractivity contribution in [2.24, 2.45) is 0 Å². The Hall–Kier alpha value is -3.38. The van der Waals surface area contributed by atoms with Crippen LogP contribution in [0.2, 0.25) is 0 Å². The third-order valence-electron chi connectivity index (χ3n) is 5.44. The Kier molecular flexibility index (Phi) is 4.64. The Bertz CT molecular complexity index is 1310. The van der Waals surface area contributed by atoms with E-state index in [0.717, 1.165) is 32.2 Å². The molecule has 6 heteroatoms. The van der Waals surface area contributed by atoms with Crippen LogP contribution in [0.4, 0.5) is 0 Å². The SMILES string of the molecule is CCOC(=O)C1=CN(C(=O)c2csc3ccccc23)CCc2c1[nH]c1ccccc21. The molecular formula is C24H20N2O3S. The highest BCUT2D eigenvalue weighted by Crippen LogP contribution is 2.33. The van der Waals surface area contributed by atoms with Gasteiger partial charge in [-0.15, -0.1) is 11.3 Å². The zero-order valence-corrected chi connectivity index (χ0v) is 17.3. The molecule has 1 aliphatic heterocycles. The molecule has 1 amide bonds. The van der Waals surface area contributed by atoms with Crippen LogP contribution in [-0.2, 0) is 16.0 Å². The number of fused-ring (bicyclic) bond motifs is 4. The van der Waals surface area contributed by atoms with Crippen LogP contribution < -0.4 is 0 Å². The lowest BCUT2D eigenvalue weighted by Crippen LogP contribution is -2.27. The predicted molar refractivity (Wildman–Crippen MR) is 119 cm³/mol. The molecule has 5 nitrogen and oxygen atoms in total. The van der Waals surface area contributed by atoms with E-state index in [9.17, 15) is 9.59 Å². The van der Waals surface area contributed by atoms with Gasteiger partial charge in [-0.2, -0.15) is 0 Å². The van der Waals surface area contributed by atoms with Crippen molar-refractivity contribution in [2.45, 2.75) is 13.3 Å². The summed E-state index contributed by atoms with van der Waals surface area (Å²) in [5, 5.41) is 3.90. The maximum atomic E-state index is 13.4. The van der Waals surface area contributed by atoms with Crippen LogP contribution in [0.15, 0.2) is 60.1 Å². The number of nitrogens with one attached hydrogen (secondary N) is 1. The number of benzene rings is 2. The molecule has 5 rings (SSSR count). The molecule has 150 valence electrons. The zero-order chi connectivity index (χ0) is 20.7. The van der Waals surface area contributed by atoms with Crippen molar-refractivity contribution in [3.05, 3.63) is 76.9 Å². The summed E-state index contributed by atoms with van der Waals surface area (Å²) in [7, 11) is 0. The monoisotopic (exact) mass is 416 g/mol. The van der Waals surface area contributed by atoms with Crippen LogP contribution in [0.1, 0.15) is 28.5 Å². The van der Waals surface area contributed by atoms with Gasteiger partial charge in [0.05, 0.1) is 23.4 Å². The van der Waals surface area contributed by atoms with E-state index < -0.39 is 5.97 Å². The molecule has 0 spiro atoms. The number of H-pyrrole nitrogens is 1. The van der Waals surface area contributed by atoms with Crippen molar-refractivity contribution in [2.75, 3.05) is 13.2 Å². The van der Waals surface area contributed by atoms with Crippen molar-refractivity contribution in [3.8, 4) is 0 Å². The van der Waals surface area contributed by atoms with E-state index in [-0.39, 0.29) is 12.5 Å². The first-order valence-corrected chi connectivity index (χ1v) is 10.8. The van der Waals surface area contributed by atoms with Crippen LogP contribution in [0.3, 0.4) is 0 Å². The number of para-hydroxylation sites is 1. The second-order valence-electron chi connectivity index (χ2n) is 7.18. The highest BCUT2D eigenvalue weighted by molar-refractivity contribution is 7.17. The van der Waals surface area contributed by atoms with Crippen LogP contribution in [0.5, 0.6) is 0 Å². The van der Waals surface area contributed by atoms with Gasteiger partial charge < -0.3 is 14.6 Å². The summed E-state index contributed by atoms with van der Waals surface area (Å²) < 4.78 is 6.39. The summed E-state index contributed by atoms with van der Waals surface area (Å²) in [6, 6.07) is 15.8. The molecule has 0 atom stereocenters. The average molecular weight is 417 g/mol. The Morgan fingerprint density at radius 2 is 1.87 bits per heavy atom. The van der Waals surface area contributed by atoms with Crippen molar-refractivity contribution in [3.63, 3.8) is 0 Å². The number of esters is 1. The molecule has 1 N–H and O–H groups in total. The number of amides is 1. The van der Waals surface area contributed by atoms with Gasteiger partial charge in [0.2, 0.25) is 0 Å². The maximum absolute atomic E-state index is 13.4. The lowest BCUT2D eigenvalue weighted by atomic mass is 10.0. The lowest BCUT2D eigenvalue weighted by molar-refractivity contribution is -0.136. The van der Waals surface area contributed by atoms with Crippen LogP contribution in [-0.4, -0.2) is 34.9 Å². The minimum absolute atomic E-state index is 0.108. The topological polar surface area (TPSA) is 62.4 Å². The Morgan fingerprint density at radius 1 is 1.10 bits per heavy atom. The molecule has 3 heterocycles. The summed E-state index contributed by atoms with van der Waals surface area (Å²) in [6.07, 6.45) is 2.29. The number of carbonyl (C=O) groups excluding carboxylic acids is 2. The van der Waals surface area contributed by atoms with Gasteiger partial charge in [-0.3, -0.25) is 4.79 Å². The van der Waals surface area contributed by atoms with Gasteiger partial charge in [-0.1, -0.05) is 36.4 Å². The number of rotatable bonds is 3. The van der Waals surface area contributed by atoms with Crippen molar-refractivity contribution >= 4 is 49.8 Å². The molecule has 0 saturated carbocycles. The number of carbonyl (C=O) groups is 2. The second-order valence-corrected chi connectivity index (χ2v) is 8.09. The fourth-order valence-electron chi connectivity index (χ4n) is 4.03. The molecule has 0 radical (unpaired) electrons. The maximum Gasteiger partial charge on any atom is 0.341 e. The third-order valence-corrected chi connectivity index (χ3v) is 6.40. The van der Waals surface area contributed by atoms with Crippen molar-refractivity contribution < 1.29 is 14.3 Å².